The summed E-state index contributed by atoms with van der Waals surface area (Å²) >= 11 is 10.5. The molecule has 0 aliphatic rings. The summed E-state index contributed by atoms with van der Waals surface area (Å²) < 4.78 is 15.7. The number of unbranched alkanes of at least 4 members (excludes halogenated alkanes) is 1. The largest absolute Gasteiger partial charge is 0.380 e. The van der Waals surface area contributed by atoms with E-state index >= 15 is 0 Å². The van der Waals surface area contributed by atoms with Gasteiger partial charge in [-0.15, -0.1) is 0 Å². The van der Waals surface area contributed by atoms with Gasteiger partial charge in [-0.2, -0.15) is 0 Å². The van der Waals surface area contributed by atoms with E-state index in [1.807, 2.05) is 0 Å². The average molecular weight is 247 g/mol. The summed E-state index contributed by atoms with van der Waals surface area (Å²) in [4.78, 5) is 0. The molecule has 0 spiro atoms. The zero-order chi connectivity index (χ0) is 10.3. The maximum atomic E-state index is 10.8. The van der Waals surface area contributed by atoms with Crippen LogP contribution in [0.25, 0.3) is 0 Å². The zero-order valence-corrected chi connectivity index (χ0v) is 10.5. The molecule has 0 radical (unpaired) electrons. The molecule has 0 heterocycles. The molecule has 2 nitrogen and oxygen atoms in total. The summed E-state index contributed by atoms with van der Waals surface area (Å²) in [6, 6.07) is 0. The molecule has 0 aliphatic heterocycles. The van der Waals surface area contributed by atoms with Gasteiger partial charge >= 0.3 is 6.07 Å². The normalized spacial score (nSPS) is 14.5. The highest BCUT2D eigenvalue weighted by atomic mass is 35.9. The lowest BCUT2D eigenvalue weighted by Crippen LogP contribution is -2.06. The third kappa shape index (κ3) is 9.08. The standard InChI is InChI=1S/C8H17Cl2O2P/c1-3-5-6-8(4-2)7-12-13(9,10)11/h8H,3-7H2,1-2H3. The van der Waals surface area contributed by atoms with E-state index in [0.29, 0.717) is 12.5 Å². The van der Waals surface area contributed by atoms with Crippen molar-refractivity contribution in [3.63, 3.8) is 0 Å². The fraction of sp³-hybridized carbons (Fsp3) is 1.00. The van der Waals surface area contributed by atoms with Crippen molar-refractivity contribution < 1.29 is 9.09 Å². The molecule has 0 amide bonds. The van der Waals surface area contributed by atoms with Crippen LogP contribution in [0.4, 0.5) is 0 Å². The predicted molar refractivity (Wildman–Crippen MR) is 58.6 cm³/mol. The van der Waals surface area contributed by atoms with Gasteiger partial charge in [-0.1, -0.05) is 33.1 Å². The first-order valence-electron chi connectivity index (χ1n) is 4.63. The maximum absolute atomic E-state index is 10.8. The van der Waals surface area contributed by atoms with Gasteiger partial charge in [-0.05, 0) is 34.8 Å². The van der Waals surface area contributed by atoms with Gasteiger partial charge in [0.25, 0.3) is 0 Å². The van der Waals surface area contributed by atoms with Crippen molar-refractivity contribution in [3.8, 4) is 0 Å². The quantitative estimate of drug-likeness (QED) is 0.603. The van der Waals surface area contributed by atoms with Crippen LogP contribution >= 0.6 is 28.6 Å². The molecule has 0 aromatic rings. The fourth-order valence-electron chi connectivity index (χ4n) is 1.09. The van der Waals surface area contributed by atoms with Crippen LogP contribution in [0.3, 0.4) is 0 Å². The van der Waals surface area contributed by atoms with Crippen LogP contribution in [0.2, 0.25) is 0 Å². The molecule has 0 fully saturated rings. The summed E-state index contributed by atoms with van der Waals surface area (Å²) in [5.74, 6) is 0.422. The summed E-state index contributed by atoms with van der Waals surface area (Å²) in [7, 11) is 0. The van der Waals surface area contributed by atoms with Crippen LogP contribution in [-0.2, 0) is 9.09 Å². The van der Waals surface area contributed by atoms with Crippen LogP contribution in [0, 0.1) is 5.92 Å². The topological polar surface area (TPSA) is 26.3 Å². The Bertz CT molecular complexity index is 170. The Morgan fingerprint density at radius 3 is 2.38 bits per heavy atom. The summed E-state index contributed by atoms with van der Waals surface area (Å²) in [6.07, 6.45) is 1.10. The molecule has 5 heteroatoms. The highest BCUT2D eigenvalue weighted by Gasteiger charge is 2.16. The van der Waals surface area contributed by atoms with Gasteiger partial charge in [0.05, 0.1) is 6.61 Å². The van der Waals surface area contributed by atoms with Crippen molar-refractivity contribution in [1.29, 1.82) is 0 Å². The van der Waals surface area contributed by atoms with E-state index in [1.54, 1.807) is 0 Å². The SMILES string of the molecule is CCCCC(CC)COP(=O)(Cl)Cl. The molecule has 1 unspecified atom stereocenters. The monoisotopic (exact) mass is 246 g/mol. The van der Waals surface area contributed by atoms with Gasteiger partial charge in [0, 0.05) is 0 Å². The second-order valence-electron chi connectivity index (χ2n) is 3.13. The van der Waals surface area contributed by atoms with E-state index in [-0.39, 0.29) is 0 Å². The Morgan fingerprint density at radius 1 is 1.38 bits per heavy atom. The van der Waals surface area contributed by atoms with Crippen molar-refractivity contribution in [2.75, 3.05) is 6.61 Å². The molecule has 0 aromatic carbocycles. The lowest BCUT2D eigenvalue weighted by atomic mass is 10.0. The summed E-state index contributed by atoms with van der Waals surface area (Å²) in [5, 5.41) is 0. The third-order valence-electron chi connectivity index (χ3n) is 2.00. The Labute approximate surface area is 90.0 Å². The molecular weight excluding hydrogens is 230 g/mol. The Hall–Kier alpha value is 0.770. The first kappa shape index (κ1) is 13.8. The lowest BCUT2D eigenvalue weighted by molar-refractivity contribution is 0.246. The van der Waals surface area contributed by atoms with Crippen LogP contribution < -0.4 is 0 Å². The molecule has 0 aliphatic carbocycles. The minimum Gasteiger partial charge on any atom is -0.306 e. The molecule has 0 saturated heterocycles. The summed E-state index contributed by atoms with van der Waals surface area (Å²) in [5.41, 5.74) is 0. The Morgan fingerprint density at radius 2 is 2.00 bits per heavy atom. The van der Waals surface area contributed by atoms with E-state index in [4.69, 9.17) is 27.0 Å². The zero-order valence-electron chi connectivity index (χ0n) is 8.13. The van der Waals surface area contributed by atoms with Crippen molar-refractivity contribution >= 4 is 28.6 Å². The van der Waals surface area contributed by atoms with Gasteiger partial charge in [0.1, 0.15) is 0 Å². The van der Waals surface area contributed by atoms with Crippen molar-refractivity contribution in [1.82, 2.24) is 0 Å². The van der Waals surface area contributed by atoms with E-state index < -0.39 is 6.07 Å². The molecule has 0 rings (SSSR count). The second kappa shape index (κ2) is 7.11. The highest BCUT2D eigenvalue weighted by Crippen LogP contribution is 2.57. The number of hydrogen-bond donors (Lipinski definition) is 0. The Kier molecular flexibility index (Phi) is 7.53. The fourth-order valence-corrected chi connectivity index (χ4v) is 1.81. The van der Waals surface area contributed by atoms with Crippen LogP contribution in [0.15, 0.2) is 0 Å². The van der Waals surface area contributed by atoms with Crippen LogP contribution in [-0.4, -0.2) is 6.61 Å². The first-order valence-corrected chi connectivity index (χ1v) is 8.07. The van der Waals surface area contributed by atoms with Gasteiger partial charge in [-0.25, -0.2) is 0 Å². The minimum atomic E-state index is -3.32. The number of hydrogen-bond acceptors (Lipinski definition) is 2. The van der Waals surface area contributed by atoms with Crippen molar-refractivity contribution in [2.45, 2.75) is 39.5 Å². The van der Waals surface area contributed by atoms with E-state index in [2.05, 4.69) is 13.8 Å². The molecule has 0 aromatic heterocycles. The van der Waals surface area contributed by atoms with Gasteiger partial charge in [-0.3, -0.25) is 4.57 Å². The van der Waals surface area contributed by atoms with E-state index in [1.165, 1.54) is 0 Å². The van der Waals surface area contributed by atoms with E-state index in [0.717, 1.165) is 25.7 Å². The minimum absolute atomic E-state index is 0.404. The average Bonchev–Trinajstić information content (AvgIpc) is 2.03. The van der Waals surface area contributed by atoms with Gasteiger partial charge in [0.15, 0.2) is 0 Å². The number of halogens is 2. The smallest absolute Gasteiger partial charge is 0.306 e. The highest BCUT2D eigenvalue weighted by molar-refractivity contribution is 8.05. The van der Waals surface area contributed by atoms with Crippen LogP contribution in [0.1, 0.15) is 39.5 Å². The van der Waals surface area contributed by atoms with E-state index in [9.17, 15) is 4.57 Å². The number of rotatable bonds is 7. The third-order valence-corrected chi connectivity index (χ3v) is 3.04. The lowest BCUT2D eigenvalue weighted by Gasteiger charge is -2.14. The molecule has 0 saturated carbocycles. The predicted octanol–water partition coefficient (Wildman–Crippen LogP) is 4.81. The van der Waals surface area contributed by atoms with Gasteiger partial charge in [0.2, 0.25) is 0 Å². The van der Waals surface area contributed by atoms with Crippen molar-refractivity contribution in [2.24, 2.45) is 5.92 Å². The molecule has 13 heavy (non-hydrogen) atoms. The maximum Gasteiger partial charge on any atom is 0.380 e. The van der Waals surface area contributed by atoms with Crippen molar-refractivity contribution in [3.05, 3.63) is 0 Å². The van der Waals surface area contributed by atoms with Gasteiger partial charge < -0.3 is 4.52 Å². The molecular formula is C8H17Cl2O2P. The molecule has 0 N–H and O–H groups in total. The summed E-state index contributed by atoms with van der Waals surface area (Å²) in [6.45, 7) is 4.62. The molecule has 0 bridgehead atoms. The molecule has 1 atom stereocenters. The second-order valence-corrected chi connectivity index (χ2v) is 7.40. The molecule has 80 valence electrons. The Balaban J connectivity index is 3.65. The van der Waals surface area contributed by atoms with Crippen LogP contribution in [0.5, 0.6) is 0 Å². The first-order chi connectivity index (χ1) is 5.99.